The van der Waals surface area contributed by atoms with Crippen molar-refractivity contribution in [1.82, 2.24) is 5.32 Å². The minimum Gasteiger partial charge on any atom is -0.479 e. The van der Waals surface area contributed by atoms with Crippen LogP contribution in [0.2, 0.25) is 0 Å². The van der Waals surface area contributed by atoms with Crippen molar-refractivity contribution in [2.24, 2.45) is 0 Å². The van der Waals surface area contributed by atoms with Gasteiger partial charge in [-0.25, -0.2) is 4.79 Å². The Hall–Kier alpha value is -2.86. The zero-order valence-electron chi connectivity index (χ0n) is 15.6. The number of rotatable bonds is 10. The third-order valence-electron chi connectivity index (χ3n) is 3.73. The average Bonchev–Trinajstić information content (AvgIpc) is 2.70. The van der Waals surface area contributed by atoms with Crippen molar-refractivity contribution in [3.63, 3.8) is 0 Å². The number of amides is 1. The van der Waals surface area contributed by atoms with E-state index in [1.807, 2.05) is 37.3 Å². The molecule has 0 bridgehead atoms. The quantitative estimate of drug-likeness (QED) is 0.513. The Balaban J connectivity index is 1.79. The van der Waals surface area contributed by atoms with Crippen molar-refractivity contribution in [3.05, 3.63) is 65.7 Å². The first kappa shape index (κ1) is 20.5. The van der Waals surface area contributed by atoms with Gasteiger partial charge in [0.15, 0.2) is 6.10 Å². The average molecular weight is 371 g/mol. The standard InChI is InChI=1S/C21H25NO5/c1-3-25-13-14-26-21(24)16(2)27-19-11-9-18(10-12-19)20(23)22-15-17-7-5-4-6-8-17/h4-12,16H,3,13-15H2,1-2H3,(H,22,23)/t16-/m1/s1. The van der Waals surface area contributed by atoms with E-state index in [-0.39, 0.29) is 12.5 Å². The Morgan fingerprint density at radius 2 is 1.70 bits per heavy atom. The number of esters is 1. The second-order valence-corrected chi connectivity index (χ2v) is 5.82. The molecule has 2 aromatic rings. The van der Waals surface area contributed by atoms with Gasteiger partial charge in [0.25, 0.3) is 5.91 Å². The second-order valence-electron chi connectivity index (χ2n) is 5.82. The van der Waals surface area contributed by atoms with Crippen LogP contribution >= 0.6 is 0 Å². The highest BCUT2D eigenvalue weighted by Gasteiger charge is 2.16. The summed E-state index contributed by atoms with van der Waals surface area (Å²) < 4.78 is 15.7. The molecule has 0 aliphatic heterocycles. The van der Waals surface area contributed by atoms with E-state index < -0.39 is 12.1 Å². The molecule has 0 spiro atoms. The smallest absolute Gasteiger partial charge is 0.347 e. The number of ether oxygens (including phenoxy) is 3. The van der Waals surface area contributed by atoms with Gasteiger partial charge < -0.3 is 19.5 Å². The van der Waals surface area contributed by atoms with Crippen molar-refractivity contribution >= 4 is 11.9 Å². The summed E-state index contributed by atoms with van der Waals surface area (Å²) in [5.41, 5.74) is 1.55. The molecule has 1 N–H and O–H groups in total. The van der Waals surface area contributed by atoms with E-state index in [9.17, 15) is 9.59 Å². The van der Waals surface area contributed by atoms with Gasteiger partial charge in [0, 0.05) is 18.7 Å². The SMILES string of the molecule is CCOCCOC(=O)[C@@H](C)Oc1ccc(C(=O)NCc2ccccc2)cc1. The molecule has 0 aliphatic rings. The minimum absolute atomic E-state index is 0.172. The van der Waals surface area contributed by atoms with Crippen LogP contribution in [-0.2, 0) is 20.8 Å². The second kappa shape index (κ2) is 11.0. The van der Waals surface area contributed by atoms with Crippen LogP contribution in [0.1, 0.15) is 29.8 Å². The van der Waals surface area contributed by atoms with Crippen LogP contribution in [0, 0.1) is 0 Å². The maximum absolute atomic E-state index is 12.2. The molecule has 0 saturated heterocycles. The van der Waals surface area contributed by atoms with Crippen LogP contribution in [0.25, 0.3) is 0 Å². The molecule has 0 aromatic heterocycles. The predicted molar refractivity (Wildman–Crippen MR) is 102 cm³/mol. The zero-order valence-corrected chi connectivity index (χ0v) is 15.6. The van der Waals surface area contributed by atoms with Gasteiger partial charge in [0.2, 0.25) is 0 Å². The van der Waals surface area contributed by atoms with Gasteiger partial charge in [-0.2, -0.15) is 0 Å². The van der Waals surface area contributed by atoms with Gasteiger partial charge in [-0.05, 0) is 43.7 Å². The fourth-order valence-electron chi connectivity index (χ4n) is 2.28. The molecule has 27 heavy (non-hydrogen) atoms. The third-order valence-corrected chi connectivity index (χ3v) is 3.73. The van der Waals surface area contributed by atoms with Crippen LogP contribution in [0.3, 0.4) is 0 Å². The van der Waals surface area contributed by atoms with Crippen LogP contribution < -0.4 is 10.1 Å². The first-order chi connectivity index (χ1) is 13.1. The summed E-state index contributed by atoms with van der Waals surface area (Å²) in [6.07, 6.45) is -0.746. The highest BCUT2D eigenvalue weighted by atomic mass is 16.6. The molecule has 0 aliphatic carbocycles. The van der Waals surface area contributed by atoms with Crippen molar-refractivity contribution < 1.29 is 23.8 Å². The Bertz CT molecular complexity index is 715. The largest absolute Gasteiger partial charge is 0.479 e. The van der Waals surface area contributed by atoms with E-state index in [1.165, 1.54) is 0 Å². The Morgan fingerprint density at radius 1 is 1.00 bits per heavy atom. The lowest BCUT2D eigenvalue weighted by atomic mass is 10.2. The van der Waals surface area contributed by atoms with Crippen molar-refractivity contribution in [2.45, 2.75) is 26.5 Å². The van der Waals surface area contributed by atoms with E-state index in [0.29, 0.717) is 31.1 Å². The van der Waals surface area contributed by atoms with Crippen molar-refractivity contribution in [1.29, 1.82) is 0 Å². The molecule has 144 valence electrons. The summed E-state index contributed by atoms with van der Waals surface area (Å²) in [6, 6.07) is 16.3. The maximum atomic E-state index is 12.2. The van der Waals surface area contributed by atoms with Crippen LogP contribution in [0.5, 0.6) is 5.75 Å². The topological polar surface area (TPSA) is 73.9 Å². The van der Waals surface area contributed by atoms with Gasteiger partial charge in [-0.1, -0.05) is 30.3 Å². The van der Waals surface area contributed by atoms with Gasteiger partial charge in [-0.3, -0.25) is 4.79 Å². The molecule has 1 amide bonds. The van der Waals surface area contributed by atoms with Crippen LogP contribution in [-0.4, -0.2) is 37.8 Å². The highest BCUT2D eigenvalue weighted by molar-refractivity contribution is 5.94. The maximum Gasteiger partial charge on any atom is 0.347 e. The molecule has 6 heteroatoms. The summed E-state index contributed by atoms with van der Waals surface area (Å²) >= 11 is 0. The summed E-state index contributed by atoms with van der Waals surface area (Å²) in [7, 11) is 0. The molecular formula is C21H25NO5. The van der Waals surface area contributed by atoms with Gasteiger partial charge >= 0.3 is 5.97 Å². The summed E-state index contributed by atoms with van der Waals surface area (Å²) in [5.74, 6) is -0.142. The van der Waals surface area contributed by atoms with Gasteiger partial charge in [-0.15, -0.1) is 0 Å². The van der Waals surface area contributed by atoms with E-state index >= 15 is 0 Å². The monoisotopic (exact) mass is 371 g/mol. The number of carbonyl (C=O) groups excluding carboxylic acids is 2. The van der Waals surface area contributed by atoms with E-state index in [4.69, 9.17) is 14.2 Å². The minimum atomic E-state index is -0.746. The van der Waals surface area contributed by atoms with Gasteiger partial charge in [0.05, 0.1) is 6.61 Å². The molecule has 2 aromatic carbocycles. The number of carbonyl (C=O) groups is 2. The first-order valence-corrected chi connectivity index (χ1v) is 8.93. The van der Waals surface area contributed by atoms with Crippen molar-refractivity contribution in [2.75, 3.05) is 19.8 Å². The molecule has 0 unspecified atom stereocenters. The molecule has 1 atom stereocenters. The lowest BCUT2D eigenvalue weighted by Gasteiger charge is -2.14. The third kappa shape index (κ3) is 7.11. The lowest BCUT2D eigenvalue weighted by molar-refractivity contribution is -0.152. The Kier molecular flexibility index (Phi) is 8.32. The van der Waals surface area contributed by atoms with Crippen molar-refractivity contribution in [3.8, 4) is 5.75 Å². The highest BCUT2D eigenvalue weighted by Crippen LogP contribution is 2.14. The zero-order chi connectivity index (χ0) is 19.5. The molecule has 0 saturated carbocycles. The normalized spacial score (nSPS) is 11.5. The fraction of sp³-hybridized carbons (Fsp3) is 0.333. The number of nitrogens with one attached hydrogen (secondary N) is 1. The Labute approximate surface area is 159 Å². The predicted octanol–water partition coefficient (Wildman–Crippen LogP) is 2.96. The molecule has 0 heterocycles. The molecule has 6 nitrogen and oxygen atoms in total. The summed E-state index contributed by atoms with van der Waals surface area (Å²) in [5, 5.41) is 2.86. The molecule has 2 rings (SSSR count). The number of benzene rings is 2. The van der Waals surface area contributed by atoms with Crippen LogP contribution in [0.4, 0.5) is 0 Å². The fourth-order valence-corrected chi connectivity index (χ4v) is 2.28. The van der Waals surface area contributed by atoms with E-state index in [2.05, 4.69) is 5.32 Å². The first-order valence-electron chi connectivity index (χ1n) is 8.93. The van der Waals surface area contributed by atoms with Crippen LogP contribution in [0.15, 0.2) is 54.6 Å². The van der Waals surface area contributed by atoms with E-state index in [0.717, 1.165) is 5.56 Å². The summed E-state index contributed by atoms with van der Waals surface area (Å²) in [6.45, 7) is 5.09. The van der Waals surface area contributed by atoms with Gasteiger partial charge in [0.1, 0.15) is 12.4 Å². The number of hydrogen-bond donors (Lipinski definition) is 1. The molecule has 0 radical (unpaired) electrons. The summed E-state index contributed by atoms with van der Waals surface area (Å²) in [4.78, 5) is 24.0. The Morgan fingerprint density at radius 3 is 2.37 bits per heavy atom. The lowest BCUT2D eigenvalue weighted by Crippen LogP contribution is -2.27. The molecule has 0 fully saturated rings. The van der Waals surface area contributed by atoms with E-state index in [1.54, 1.807) is 31.2 Å². The molecular weight excluding hydrogens is 346 g/mol. The number of hydrogen-bond acceptors (Lipinski definition) is 5.